The predicted molar refractivity (Wildman–Crippen MR) is 117 cm³/mol. The number of esters is 1. The number of sulfonamides is 1. The Morgan fingerprint density at radius 1 is 1.25 bits per heavy atom. The van der Waals surface area contributed by atoms with E-state index < -0.39 is 27.5 Å². The lowest BCUT2D eigenvalue weighted by Gasteiger charge is -2.08. The molecule has 168 valence electrons. The standard InChI is InChI=1S/C20H19N3O7S2/c1-13-16(22-20(30-13)14-6-4-3-5-7-14)12-29-19(24)11-21-32(27,28)15-8-9-18(31-2)17(10-15)23(25)26/h3-10,21H,11-12H2,1-2H3. The molecule has 3 rings (SSSR count). The van der Waals surface area contributed by atoms with Crippen molar-refractivity contribution >= 4 is 33.4 Å². The summed E-state index contributed by atoms with van der Waals surface area (Å²) in [4.78, 5) is 26.8. The molecule has 0 bridgehead atoms. The van der Waals surface area contributed by atoms with Crippen molar-refractivity contribution in [2.24, 2.45) is 0 Å². The molecule has 2 aromatic carbocycles. The molecule has 32 heavy (non-hydrogen) atoms. The summed E-state index contributed by atoms with van der Waals surface area (Å²) < 4.78 is 37.6. The van der Waals surface area contributed by atoms with Gasteiger partial charge in [-0.1, -0.05) is 18.2 Å². The summed E-state index contributed by atoms with van der Waals surface area (Å²) in [7, 11) is -4.16. The van der Waals surface area contributed by atoms with E-state index in [0.717, 1.165) is 23.4 Å². The molecule has 0 fully saturated rings. The molecule has 1 aromatic heterocycles. The maximum Gasteiger partial charge on any atom is 0.321 e. The average Bonchev–Trinajstić information content (AvgIpc) is 3.17. The van der Waals surface area contributed by atoms with E-state index in [1.165, 1.54) is 12.1 Å². The first-order valence-corrected chi connectivity index (χ1v) is 11.9. The van der Waals surface area contributed by atoms with Crippen LogP contribution in [-0.2, 0) is 26.2 Å². The third-order valence-corrected chi connectivity index (χ3v) is 6.53. The van der Waals surface area contributed by atoms with Crippen LogP contribution in [0.2, 0.25) is 0 Å². The maximum absolute atomic E-state index is 12.4. The second kappa shape index (κ2) is 9.94. The number of oxazole rings is 1. The summed E-state index contributed by atoms with van der Waals surface area (Å²) in [5.74, 6) is 0.0102. The highest BCUT2D eigenvalue weighted by Gasteiger charge is 2.22. The molecule has 0 amide bonds. The van der Waals surface area contributed by atoms with Crippen LogP contribution in [0.4, 0.5) is 5.69 Å². The highest BCUT2D eigenvalue weighted by Crippen LogP contribution is 2.29. The molecule has 0 aliphatic rings. The van der Waals surface area contributed by atoms with Crippen LogP contribution in [0, 0.1) is 17.0 Å². The Kier molecular flexibility index (Phi) is 7.28. The zero-order valence-corrected chi connectivity index (χ0v) is 18.7. The minimum Gasteiger partial charge on any atom is -0.458 e. The van der Waals surface area contributed by atoms with E-state index in [0.29, 0.717) is 22.2 Å². The molecule has 0 aliphatic heterocycles. The number of nitrogens with zero attached hydrogens (tertiary/aromatic N) is 2. The van der Waals surface area contributed by atoms with Gasteiger partial charge in [-0.05, 0) is 37.4 Å². The number of aryl methyl sites for hydroxylation is 1. The van der Waals surface area contributed by atoms with Crippen molar-refractivity contribution in [2.75, 3.05) is 12.8 Å². The van der Waals surface area contributed by atoms with Crippen LogP contribution < -0.4 is 4.72 Å². The van der Waals surface area contributed by atoms with Crippen molar-refractivity contribution in [1.29, 1.82) is 0 Å². The lowest BCUT2D eigenvalue weighted by molar-refractivity contribution is -0.387. The number of hydrogen-bond acceptors (Lipinski definition) is 9. The summed E-state index contributed by atoms with van der Waals surface area (Å²) >= 11 is 1.12. The van der Waals surface area contributed by atoms with Gasteiger partial charge in [0.25, 0.3) is 5.69 Å². The van der Waals surface area contributed by atoms with Gasteiger partial charge in [0.15, 0.2) is 0 Å². The van der Waals surface area contributed by atoms with Crippen LogP contribution in [-0.4, -0.2) is 37.1 Å². The summed E-state index contributed by atoms with van der Waals surface area (Å²) in [6.45, 7) is 0.829. The van der Waals surface area contributed by atoms with Crippen LogP contribution in [0.25, 0.3) is 11.5 Å². The number of carbonyl (C=O) groups excluding carboxylic acids is 1. The Bertz CT molecular complexity index is 1240. The fourth-order valence-electron chi connectivity index (χ4n) is 2.68. The third-order valence-electron chi connectivity index (χ3n) is 4.35. The average molecular weight is 478 g/mol. The number of nitrogens with one attached hydrogen (secondary N) is 1. The summed E-state index contributed by atoms with van der Waals surface area (Å²) in [6.07, 6.45) is 1.64. The van der Waals surface area contributed by atoms with Gasteiger partial charge in [0.1, 0.15) is 24.6 Å². The van der Waals surface area contributed by atoms with Gasteiger partial charge in [-0.2, -0.15) is 4.72 Å². The third kappa shape index (κ3) is 5.52. The first kappa shape index (κ1) is 23.4. The van der Waals surface area contributed by atoms with Gasteiger partial charge in [-0.3, -0.25) is 14.9 Å². The van der Waals surface area contributed by atoms with E-state index in [9.17, 15) is 23.3 Å². The summed E-state index contributed by atoms with van der Waals surface area (Å²) in [6, 6.07) is 12.7. The fraction of sp³-hybridized carbons (Fsp3) is 0.200. The Hall–Kier alpha value is -3.22. The smallest absolute Gasteiger partial charge is 0.321 e. The van der Waals surface area contributed by atoms with Crippen LogP contribution in [0.1, 0.15) is 11.5 Å². The quantitative estimate of drug-likeness (QED) is 0.212. The maximum atomic E-state index is 12.4. The van der Waals surface area contributed by atoms with Crippen molar-refractivity contribution in [2.45, 2.75) is 23.3 Å². The van der Waals surface area contributed by atoms with Gasteiger partial charge >= 0.3 is 5.97 Å². The lowest BCUT2D eigenvalue weighted by Crippen LogP contribution is -2.30. The molecule has 12 heteroatoms. The monoisotopic (exact) mass is 477 g/mol. The van der Waals surface area contributed by atoms with Gasteiger partial charge in [0.05, 0.1) is 14.7 Å². The number of nitro groups is 1. The van der Waals surface area contributed by atoms with E-state index in [1.54, 1.807) is 13.2 Å². The first-order chi connectivity index (χ1) is 15.2. The van der Waals surface area contributed by atoms with Gasteiger partial charge in [0, 0.05) is 11.6 Å². The molecule has 0 spiro atoms. The van der Waals surface area contributed by atoms with Gasteiger partial charge < -0.3 is 9.15 Å². The largest absolute Gasteiger partial charge is 0.458 e. The number of benzene rings is 2. The van der Waals surface area contributed by atoms with Gasteiger partial charge in [-0.25, -0.2) is 13.4 Å². The molecule has 3 aromatic rings. The SMILES string of the molecule is CSc1ccc(S(=O)(=O)NCC(=O)OCc2nc(-c3ccccc3)oc2C)cc1[N+](=O)[O-]. The fourth-order valence-corrected chi connectivity index (χ4v) is 4.22. The number of hydrogen-bond donors (Lipinski definition) is 1. The van der Waals surface area contributed by atoms with E-state index in [1.807, 2.05) is 30.3 Å². The lowest BCUT2D eigenvalue weighted by atomic mass is 10.2. The van der Waals surface area contributed by atoms with E-state index in [4.69, 9.17) is 9.15 Å². The number of aromatic nitrogens is 1. The molecule has 10 nitrogen and oxygen atoms in total. The minimum atomic E-state index is -4.16. The van der Waals surface area contributed by atoms with E-state index in [2.05, 4.69) is 9.71 Å². The van der Waals surface area contributed by atoms with E-state index >= 15 is 0 Å². The Balaban J connectivity index is 1.61. The van der Waals surface area contributed by atoms with Crippen molar-refractivity contribution in [1.82, 2.24) is 9.71 Å². The highest BCUT2D eigenvalue weighted by atomic mass is 32.2. The van der Waals surface area contributed by atoms with Crippen LogP contribution in [0.5, 0.6) is 0 Å². The first-order valence-electron chi connectivity index (χ1n) is 9.20. The van der Waals surface area contributed by atoms with Crippen molar-refractivity contribution in [3.63, 3.8) is 0 Å². The number of nitro benzene ring substituents is 1. The molecular formula is C20H19N3O7S2. The van der Waals surface area contributed by atoms with Gasteiger partial charge in [-0.15, -0.1) is 11.8 Å². The molecular weight excluding hydrogens is 458 g/mol. The topological polar surface area (TPSA) is 142 Å². The molecule has 0 unspecified atom stereocenters. The molecule has 0 saturated heterocycles. The number of rotatable bonds is 9. The molecule has 1 heterocycles. The number of thioether (sulfide) groups is 1. The number of carbonyl (C=O) groups is 1. The van der Waals surface area contributed by atoms with Gasteiger partial charge in [0.2, 0.25) is 15.9 Å². The van der Waals surface area contributed by atoms with Crippen LogP contribution >= 0.6 is 11.8 Å². The molecule has 1 N–H and O–H groups in total. The van der Waals surface area contributed by atoms with Crippen LogP contribution in [0.3, 0.4) is 0 Å². The highest BCUT2D eigenvalue weighted by molar-refractivity contribution is 7.98. The second-order valence-electron chi connectivity index (χ2n) is 6.46. The zero-order chi connectivity index (χ0) is 23.3. The van der Waals surface area contributed by atoms with Crippen LogP contribution in [0.15, 0.2) is 62.7 Å². The van der Waals surface area contributed by atoms with Crippen molar-refractivity contribution < 1.29 is 27.3 Å². The Morgan fingerprint density at radius 3 is 2.62 bits per heavy atom. The predicted octanol–water partition coefficient (Wildman–Crippen LogP) is 3.30. The normalized spacial score (nSPS) is 11.3. The van der Waals surface area contributed by atoms with Crippen molar-refractivity contribution in [3.05, 3.63) is 70.1 Å². The number of ether oxygens (including phenoxy) is 1. The Labute approximate surface area is 188 Å². The molecule has 0 radical (unpaired) electrons. The molecule has 0 atom stereocenters. The zero-order valence-electron chi connectivity index (χ0n) is 17.1. The van der Waals surface area contributed by atoms with Crippen molar-refractivity contribution in [3.8, 4) is 11.5 Å². The van der Waals surface area contributed by atoms with E-state index in [-0.39, 0.29) is 17.2 Å². The Morgan fingerprint density at radius 2 is 1.97 bits per heavy atom. The summed E-state index contributed by atoms with van der Waals surface area (Å²) in [5.41, 5.74) is 0.838. The second-order valence-corrected chi connectivity index (χ2v) is 9.08. The summed E-state index contributed by atoms with van der Waals surface area (Å²) in [5, 5.41) is 11.2. The molecule has 0 saturated carbocycles. The molecule has 0 aliphatic carbocycles. The minimum absolute atomic E-state index is 0.198.